The van der Waals surface area contributed by atoms with Crippen LogP contribution in [0.4, 0.5) is 5.69 Å². The van der Waals surface area contributed by atoms with Crippen LogP contribution in [0.3, 0.4) is 0 Å². The van der Waals surface area contributed by atoms with Crippen LogP contribution in [-0.4, -0.2) is 0 Å². The lowest BCUT2D eigenvalue weighted by atomic mass is 9.97. The third kappa shape index (κ3) is 2.09. The van der Waals surface area contributed by atoms with Gasteiger partial charge in [0.05, 0.1) is 0 Å². The second-order valence-electron chi connectivity index (χ2n) is 3.41. The van der Waals surface area contributed by atoms with Crippen molar-refractivity contribution in [3.63, 3.8) is 0 Å². The molecule has 0 aliphatic rings. The summed E-state index contributed by atoms with van der Waals surface area (Å²) in [6.45, 7) is 6.43. The molecule has 5 heteroatoms. The van der Waals surface area contributed by atoms with E-state index in [1.165, 1.54) is 5.56 Å². The van der Waals surface area contributed by atoms with Gasteiger partial charge in [0, 0.05) is 20.7 Å². The summed E-state index contributed by atoms with van der Waals surface area (Å²) in [6, 6.07) is 0. The molecule has 15 heavy (non-hydrogen) atoms. The number of rotatable bonds is 2. The average Bonchev–Trinajstić information content (AvgIpc) is 2.22. The van der Waals surface area contributed by atoms with Crippen molar-refractivity contribution in [2.75, 3.05) is 0 Å². The molecule has 1 aromatic carbocycles. The summed E-state index contributed by atoms with van der Waals surface area (Å²) in [4.78, 5) is 2.85. The predicted octanol–water partition coefficient (Wildman–Crippen LogP) is 3.62. The minimum absolute atomic E-state index is 0.474. The molecule has 0 spiro atoms. The SMILES string of the molecule is Cc1c(I)c(C)c(N=[N+]=[N-])c(C)c1CN. The predicted molar refractivity (Wildman–Crippen MR) is 70.1 cm³/mol. The van der Waals surface area contributed by atoms with E-state index >= 15 is 0 Å². The number of hydrogen-bond acceptors (Lipinski definition) is 2. The van der Waals surface area contributed by atoms with Crippen molar-refractivity contribution in [1.29, 1.82) is 0 Å². The van der Waals surface area contributed by atoms with Crippen LogP contribution in [0.15, 0.2) is 5.11 Å². The van der Waals surface area contributed by atoms with Crippen molar-refractivity contribution >= 4 is 28.3 Å². The molecule has 0 atom stereocenters. The molecule has 0 unspecified atom stereocenters. The van der Waals surface area contributed by atoms with Gasteiger partial charge in [-0.25, -0.2) is 0 Å². The molecule has 0 aromatic heterocycles. The number of nitrogens with two attached hydrogens (primary N) is 1. The molecule has 0 bridgehead atoms. The van der Waals surface area contributed by atoms with Crippen molar-refractivity contribution in [1.82, 2.24) is 0 Å². The first kappa shape index (κ1) is 12.3. The number of hydrogen-bond donors (Lipinski definition) is 1. The maximum Gasteiger partial charge on any atom is 0.0447 e. The van der Waals surface area contributed by atoms with Crippen molar-refractivity contribution in [2.24, 2.45) is 10.8 Å². The van der Waals surface area contributed by atoms with Crippen LogP contribution in [0.5, 0.6) is 0 Å². The lowest BCUT2D eigenvalue weighted by molar-refractivity contribution is 1.01. The van der Waals surface area contributed by atoms with E-state index in [0.717, 1.165) is 20.3 Å². The largest absolute Gasteiger partial charge is 0.326 e. The molecule has 2 N–H and O–H groups in total. The quantitative estimate of drug-likeness (QED) is 0.385. The lowest BCUT2D eigenvalue weighted by Gasteiger charge is -2.15. The van der Waals surface area contributed by atoms with Gasteiger partial charge in [0.25, 0.3) is 0 Å². The van der Waals surface area contributed by atoms with E-state index in [2.05, 4.69) is 32.6 Å². The van der Waals surface area contributed by atoms with Crippen molar-refractivity contribution < 1.29 is 0 Å². The summed E-state index contributed by atoms with van der Waals surface area (Å²) >= 11 is 2.26. The molecular formula is C10H13IN4. The molecule has 0 aliphatic carbocycles. The molecule has 0 fully saturated rings. The third-order valence-electron chi connectivity index (χ3n) is 2.62. The highest BCUT2D eigenvalue weighted by Gasteiger charge is 2.13. The Morgan fingerprint density at radius 3 is 2.33 bits per heavy atom. The second kappa shape index (κ2) is 4.83. The van der Waals surface area contributed by atoms with Gasteiger partial charge in [-0.2, -0.15) is 0 Å². The number of nitrogens with zero attached hydrogens (tertiary/aromatic N) is 3. The minimum atomic E-state index is 0.474. The summed E-state index contributed by atoms with van der Waals surface area (Å²) < 4.78 is 1.13. The molecule has 0 saturated heterocycles. The summed E-state index contributed by atoms with van der Waals surface area (Å²) in [6.07, 6.45) is 0. The van der Waals surface area contributed by atoms with Crippen molar-refractivity contribution in [2.45, 2.75) is 27.3 Å². The zero-order valence-electron chi connectivity index (χ0n) is 9.00. The van der Waals surface area contributed by atoms with Crippen LogP contribution in [0, 0.1) is 24.3 Å². The summed E-state index contributed by atoms with van der Waals surface area (Å²) in [5.41, 5.74) is 19.2. The zero-order valence-corrected chi connectivity index (χ0v) is 11.2. The molecule has 0 radical (unpaired) electrons. The summed E-state index contributed by atoms with van der Waals surface area (Å²) in [5.74, 6) is 0. The fourth-order valence-electron chi connectivity index (χ4n) is 1.72. The number of halogens is 1. The maximum atomic E-state index is 8.52. The topological polar surface area (TPSA) is 74.8 Å². The van der Waals surface area contributed by atoms with E-state index < -0.39 is 0 Å². The van der Waals surface area contributed by atoms with Crippen LogP contribution in [-0.2, 0) is 6.54 Å². The van der Waals surface area contributed by atoms with Gasteiger partial charge in [-0.3, -0.25) is 0 Å². The van der Waals surface area contributed by atoms with E-state index in [9.17, 15) is 0 Å². The molecule has 0 amide bonds. The first-order valence-electron chi connectivity index (χ1n) is 4.57. The standard InChI is InChI=1S/C10H13IN4/c1-5-8(4-12)6(2)10(14-15-13)7(3)9(5)11/h4,12H2,1-3H3. The van der Waals surface area contributed by atoms with E-state index in [4.69, 9.17) is 11.3 Å². The van der Waals surface area contributed by atoms with Crippen LogP contribution >= 0.6 is 22.6 Å². The highest BCUT2D eigenvalue weighted by atomic mass is 127. The second-order valence-corrected chi connectivity index (χ2v) is 4.49. The Kier molecular flexibility index (Phi) is 3.96. The molecule has 0 heterocycles. The molecule has 4 nitrogen and oxygen atoms in total. The number of azide groups is 1. The first-order valence-corrected chi connectivity index (χ1v) is 5.65. The average molecular weight is 316 g/mol. The molecule has 80 valence electrons. The summed E-state index contributed by atoms with van der Waals surface area (Å²) in [5, 5.41) is 3.74. The fraction of sp³-hybridized carbons (Fsp3) is 0.400. The minimum Gasteiger partial charge on any atom is -0.326 e. The Labute approximate surface area is 103 Å². The normalized spacial score (nSPS) is 9.93. The Morgan fingerprint density at radius 1 is 1.27 bits per heavy atom. The zero-order chi connectivity index (χ0) is 11.6. The Balaban J connectivity index is 3.67. The van der Waals surface area contributed by atoms with Gasteiger partial charge in [-0.05, 0) is 71.1 Å². The van der Waals surface area contributed by atoms with E-state index in [0.29, 0.717) is 12.2 Å². The van der Waals surface area contributed by atoms with Crippen LogP contribution in [0.1, 0.15) is 22.3 Å². The van der Waals surface area contributed by atoms with Gasteiger partial charge in [-0.1, -0.05) is 5.11 Å². The highest BCUT2D eigenvalue weighted by Crippen LogP contribution is 2.33. The maximum absolute atomic E-state index is 8.52. The Hall–Kier alpha value is -0.780. The summed E-state index contributed by atoms with van der Waals surface area (Å²) in [7, 11) is 0. The van der Waals surface area contributed by atoms with Gasteiger partial charge in [0.15, 0.2) is 0 Å². The van der Waals surface area contributed by atoms with Gasteiger partial charge in [-0.15, -0.1) is 0 Å². The Bertz CT molecular complexity index is 447. The molecule has 0 aliphatic heterocycles. The molecular weight excluding hydrogens is 303 g/mol. The van der Waals surface area contributed by atoms with Gasteiger partial charge >= 0.3 is 0 Å². The lowest BCUT2D eigenvalue weighted by Crippen LogP contribution is -2.05. The number of benzene rings is 1. The Morgan fingerprint density at radius 2 is 1.87 bits per heavy atom. The van der Waals surface area contributed by atoms with Gasteiger partial charge < -0.3 is 5.73 Å². The smallest absolute Gasteiger partial charge is 0.0447 e. The van der Waals surface area contributed by atoms with Gasteiger partial charge in [0.1, 0.15) is 0 Å². The van der Waals surface area contributed by atoms with Crippen molar-refractivity contribution in [3.05, 3.63) is 36.3 Å². The van der Waals surface area contributed by atoms with E-state index in [1.807, 2.05) is 20.8 Å². The van der Waals surface area contributed by atoms with E-state index in [1.54, 1.807) is 0 Å². The first-order chi connectivity index (χ1) is 7.04. The monoisotopic (exact) mass is 316 g/mol. The van der Waals surface area contributed by atoms with Crippen LogP contribution in [0.2, 0.25) is 0 Å². The van der Waals surface area contributed by atoms with Crippen LogP contribution in [0.25, 0.3) is 10.4 Å². The molecule has 0 saturated carbocycles. The fourth-order valence-corrected chi connectivity index (χ4v) is 2.31. The van der Waals surface area contributed by atoms with E-state index in [-0.39, 0.29) is 0 Å². The molecule has 1 aromatic rings. The molecule has 1 rings (SSSR count). The highest BCUT2D eigenvalue weighted by molar-refractivity contribution is 14.1. The van der Waals surface area contributed by atoms with Gasteiger partial charge in [0.2, 0.25) is 0 Å². The van der Waals surface area contributed by atoms with Crippen LogP contribution < -0.4 is 5.73 Å². The van der Waals surface area contributed by atoms with Crippen molar-refractivity contribution in [3.8, 4) is 0 Å². The third-order valence-corrected chi connectivity index (χ3v) is 4.24.